The zero-order chi connectivity index (χ0) is 15.2. The predicted octanol–water partition coefficient (Wildman–Crippen LogP) is -6.57. The van der Waals surface area contributed by atoms with E-state index in [4.69, 9.17) is 14.5 Å². The largest absolute Gasteiger partial charge is 1.00 e. The van der Waals surface area contributed by atoms with Gasteiger partial charge in [0.1, 0.15) is 11.3 Å². The van der Waals surface area contributed by atoms with E-state index >= 15 is 0 Å². The fourth-order valence-corrected chi connectivity index (χ4v) is 3.62. The van der Waals surface area contributed by atoms with E-state index in [9.17, 15) is 18.9 Å². The maximum Gasteiger partial charge on any atom is 1.00 e. The van der Waals surface area contributed by atoms with Crippen LogP contribution in [0, 0.1) is 0 Å². The van der Waals surface area contributed by atoms with E-state index in [2.05, 4.69) is 5.32 Å². The topological polar surface area (TPSA) is 142 Å². The molecule has 0 bridgehead atoms. The molecular weight excluding hydrogens is 354 g/mol. The van der Waals surface area contributed by atoms with E-state index in [1.54, 1.807) is 24.3 Å². The number of hydrogen-bond acceptors (Lipinski definition) is 6. The molecule has 1 aromatic carbocycles. The smallest absolute Gasteiger partial charge is 0.809 e. The average Bonchev–Trinajstić information content (AvgIpc) is 2.31. The number of nitrogens with one attached hydrogen (secondary N) is 1. The van der Waals surface area contributed by atoms with Gasteiger partial charge in [-0.3, -0.25) is 9.88 Å². The van der Waals surface area contributed by atoms with Crippen LogP contribution in [0.4, 0.5) is 0 Å². The standard InChI is InChI=1S/C10H17NO7P2.2Na/c12-19(13,14)10(20(15,16)17)11-7-4-8-18-9-5-2-1-3-6-9;;/h1-3,5-6,10-11H,4,7-8H2,(H2,12,13,14)(H2,15,16,17);;/q;2*+1/p-2. The van der Waals surface area contributed by atoms with Gasteiger partial charge in [-0.1, -0.05) is 18.2 Å². The molecule has 0 fully saturated rings. The van der Waals surface area contributed by atoms with Gasteiger partial charge in [-0.05, 0) is 32.7 Å². The molecule has 12 heteroatoms. The number of para-hydroxylation sites is 1. The maximum atomic E-state index is 10.9. The minimum atomic E-state index is -5.42. The van der Waals surface area contributed by atoms with Crippen molar-refractivity contribution >= 4 is 15.2 Å². The number of hydrogen-bond donors (Lipinski definition) is 3. The third kappa shape index (κ3) is 10.2. The molecule has 0 aliphatic heterocycles. The SMILES string of the molecule is O=P([O-])([O-])C(NCCCOc1ccccc1)P(=O)(O)O.[Na+].[Na+]. The summed E-state index contributed by atoms with van der Waals surface area (Å²) < 4.78 is 26.9. The van der Waals surface area contributed by atoms with Gasteiger partial charge in [0.25, 0.3) is 0 Å². The van der Waals surface area contributed by atoms with E-state index in [1.807, 2.05) is 6.07 Å². The summed E-state index contributed by atoms with van der Waals surface area (Å²) in [5, 5.41) is 2.05. The van der Waals surface area contributed by atoms with Crippen LogP contribution in [0.3, 0.4) is 0 Å². The van der Waals surface area contributed by atoms with E-state index in [-0.39, 0.29) is 78.7 Å². The minimum Gasteiger partial charge on any atom is -0.809 e. The number of ether oxygens (including phenoxy) is 1. The fourth-order valence-electron chi connectivity index (χ4n) is 1.43. The van der Waals surface area contributed by atoms with Gasteiger partial charge in [-0.15, -0.1) is 0 Å². The van der Waals surface area contributed by atoms with Crippen LogP contribution in [0.2, 0.25) is 0 Å². The zero-order valence-corrected chi connectivity index (χ0v) is 18.2. The molecular formula is C10H15NNa2O7P2. The summed E-state index contributed by atoms with van der Waals surface area (Å²) >= 11 is 0. The van der Waals surface area contributed by atoms with Gasteiger partial charge in [0.15, 0.2) is 0 Å². The molecule has 0 aromatic heterocycles. The Hall–Kier alpha value is 1.28. The molecule has 0 saturated heterocycles. The van der Waals surface area contributed by atoms with Gasteiger partial charge >= 0.3 is 66.7 Å². The van der Waals surface area contributed by atoms with Gasteiger partial charge in [0.05, 0.1) is 6.61 Å². The second-order valence-corrected chi connectivity index (χ2v) is 7.67. The van der Waals surface area contributed by atoms with Crippen molar-refractivity contribution in [3.63, 3.8) is 0 Å². The van der Waals surface area contributed by atoms with Crippen molar-refractivity contribution in [3.05, 3.63) is 30.3 Å². The first-order valence-electron chi connectivity index (χ1n) is 5.69. The quantitative estimate of drug-likeness (QED) is 0.233. The molecule has 0 aliphatic carbocycles. The fraction of sp³-hybridized carbons (Fsp3) is 0.400. The van der Waals surface area contributed by atoms with Crippen LogP contribution in [-0.4, -0.2) is 28.5 Å². The molecule has 3 N–H and O–H groups in total. The van der Waals surface area contributed by atoms with Crippen molar-refractivity contribution in [3.8, 4) is 5.75 Å². The van der Waals surface area contributed by atoms with Crippen molar-refractivity contribution < 1.29 is 92.6 Å². The first-order chi connectivity index (χ1) is 9.21. The molecule has 0 spiro atoms. The van der Waals surface area contributed by atoms with Gasteiger partial charge in [0, 0.05) is 0 Å². The Labute approximate surface area is 172 Å². The maximum absolute atomic E-state index is 10.9. The average molecular weight is 369 g/mol. The summed E-state index contributed by atoms with van der Waals surface area (Å²) in [5.41, 5.74) is -2.40. The molecule has 8 nitrogen and oxygen atoms in total. The Balaban J connectivity index is 0. The summed E-state index contributed by atoms with van der Waals surface area (Å²) in [6.07, 6.45) is 0.283. The second kappa shape index (κ2) is 11.8. The van der Waals surface area contributed by atoms with Gasteiger partial charge < -0.3 is 28.9 Å². The van der Waals surface area contributed by atoms with E-state index in [0.717, 1.165) is 0 Å². The Bertz CT molecular complexity index is 485. The van der Waals surface area contributed by atoms with E-state index in [1.165, 1.54) is 0 Å². The van der Waals surface area contributed by atoms with Gasteiger partial charge in [0.2, 0.25) is 0 Å². The summed E-state index contributed by atoms with van der Waals surface area (Å²) in [5.74, 6) is 0.623. The van der Waals surface area contributed by atoms with Crippen LogP contribution in [0.1, 0.15) is 6.42 Å². The van der Waals surface area contributed by atoms with Crippen LogP contribution < -0.4 is 79.0 Å². The summed E-state index contributed by atoms with van der Waals surface area (Å²) in [4.78, 5) is 39.1. The Morgan fingerprint density at radius 2 is 1.68 bits per heavy atom. The third-order valence-corrected chi connectivity index (χ3v) is 5.63. The molecule has 114 valence electrons. The van der Waals surface area contributed by atoms with Crippen LogP contribution in [-0.2, 0) is 9.13 Å². The minimum absolute atomic E-state index is 0. The van der Waals surface area contributed by atoms with Crippen molar-refractivity contribution in [1.29, 1.82) is 0 Å². The first kappa shape index (κ1) is 25.5. The van der Waals surface area contributed by atoms with Crippen LogP contribution in [0.15, 0.2) is 30.3 Å². The third-order valence-electron chi connectivity index (χ3n) is 2.28. The molecule has 0 aliphatic rings. The molecule has 22 heavy (non-hydrogen) atoms. The second-order valence-electron chi connectivity index (χ2n) is 3.97. The molecule has 1 rings (SSSR count). The molecule has 0 saturated carbocycles. The van der Waals surface area contributed by atoms with E-state index in [0.29, 0.717) is 5.75 Å². The van der Waals surface area contributed by atoms with Crippen LogP contribution in [0.25, 0.3) is 0 Å². The van der Waals surface area contributed by atoms with Crippen molar-refractivity contribution in [2.75, 3.05) is 13.2 Å². The predicted molar refractivity (Wildman–Crippen MR) is 68.0 cm³/mol. The molecule has 0 heterocycles. The number of rotatable bonds is 8. The molecule has 1 atom stereocenters. The zero-order valence-electron chi connectivity index (χ0n) is 12.4. The van der Waals surface area contributed by atoms with E-state index < -0.39 is 20.7 Å². The Morgan fingerprint density at radius 1 is 1.14 bits per heavy atom. The molecule has 1 unspecified atom stereocenters. The first-order valence-corrected chi connectivity index (χ1v) is 8.99. The van der Waals surface area contributed by atoms with Gasteiger partial charge in [-0.2, -0.15) is 0 Å². The summed E-state index contributed by atoms with van der Waals surface area (Å²) in [6, 6.07) is 8.84. The molecule has 0 amide bonds. The van der Waals surface area contributed by atoms with Crippen LogP contribution in [0.5, 0.6) is 5.75 Å². The summed E-state index contributed by atoms with van der Waals surface area (Å²) in [6.45, 7) is 0.143. The van der Waals surface area contributed by atoms with Gasteiger partial charge in [-0.25, -0.2) is 0 Å². The molecule has 1 aromatic rings. The van der Waals surface area contributed by atoms with Crippen LogP contribution >= 0.6 is 15.2 Å². The number of benzene rings is 1. The monoisotopic (exact) mass is 369 g/mol. The van der Waals surface area contributed by atoms with Crippen molar-refractivity contribution in [2.45, 2.75) is 11.9 Å². The van der Waals surface area contributed by atoms with Crippen molar-refractivity contribution in [2.24, 2.45) is 0 Å². The Kier molecular flexibility index (Phi) is 13.7. The normalized spacial score (nSPS) is 12.7. The van der Waals surface area contributed by atoms with Crippen molar-refractivity contribution in [1.82, 2.24) is 5.32 Å². The molecule has 0 radical (unpaired) electrons. The Morgan fingerprint density at radius 3 is 2.14 bits per heavy atom. The summed E-state index contributed by atoms with van der Waals surface area (Å²) in [7, 11) is -10.5.